The number of esters is 1. The summed E-state index contributed by atoms with van der Waals surface area (Å²) in [6.07, 6.45) is 3.06. The predicted octanol–water partition coefficient (Wildman–Crippen LogP) is 1.91. The summed E-state index contributed by atoms with van der Waals surface area (Å²) in [6.45, 7) is 2.49. The van der Waals surface area contributed by atoms with Gasteiger partial charge in [-0.1, -0.05) is 11.3 Å². The number of nitrogens with one attached hydrogen (secondary N) is 1. The lowest BCUT2D eigenvalue weighted by Gasteiger charge is -2.05. The monoisotopic (exact) mass is 479 g/mol. The van der Waals surface area contributed by atoms with E-state index in [-0.39, 0.29) is 25.9 Å². The molecule has 0 bridgehead atoms. The van der Waals surface area contributed by atoms with Crippen molar-refractivity contribution in [3.8, 4) is 0 Å². The minimum Gasteiger partial charge on any atom is -0.459 e. The third-order valence-corrected chi connectivity index (χ3v) is 6.94. The van der Waals surface area contributed by atoms with Gasteiger partial charge in [0.1, 0.15) is 34.0 Å². The van der Waals surface area contributed by atoms with Crippen LogP contribution in [0.4, 0.5) is 5.13 Å². The Morgan fingerprint density at radius 3 is 2.91 bits per heavy atom. The van der Waals surface area contributed by atoms with Crippen LogP contribution in [0, 0.1) is 6.92 Å². The number of fused-ring (bicyclic) bond motifs is 1. The number of hydrogen-bond acceptors (Lipinski definition) is 11. The zero-order valence-electron chi connectivity index (χ0n) is 17.5. The molecule has 1 atom stereocenters. The summed E-state index contributed by atoms with van der Waals surface area (Å²) in [6, 6.07) is 0. The van der Waals surface area contributed by atoms with Crippen LogP contribution in [-0.2, 0) is 25.5 Å². The van der Waals surface area contributed by atoms with Crippen LogP contribution in [0.3, 0.4) is 0 Å². The summed E-state index contributed by atoms with van der Waals surface area (Å²) >= 11 is 2.33. The molecule has 1 amide bonds. The Balaban J connectivity index is 1.47. The highest BCUT2D eigenvalue weighted by Gasteiger charge is 2.23. The van der Waals surface area contributed by atoms with E-state index in [0.717, 1.165) is 29.2 Å². The Morgan fingerprint density at radius 2 is 2.16 bits per heavy atom. The van der Waals surface area contributed by atoms with Gasteiger partial charge in [0, 0.05) is 13.7 Å². The van der Waals surface area contributed by atoms with E-state index in [4.69, 9.17) is 14.2 Å². The third kappa shape index (κ3) is 4.70. The Bertz CT molecular complexity index is 1200. The molecule has 170 valence electrons. The number of carbonyl (C=O) groups is 2. The lowest BCUT2D eigenvalue weighted by Crippen LogP contribution is -2.27. The molecule has 1 aliphatic heterocycles. The molecule has 13 heteroatoms. The first kappa shape index (κ1) is 22.5. The van der Waals surface area contributed by atoms with E-state index in [2.05, 4.69) is 20.5 Å². The summed E-state index contributed by atoms with van der Waals surface area (Å²) in [7, 11) is 1.51. The molecule has 3 aromatic rings. The fourth-order valence-electron chi connectivity index (χ4n) is 3.25. The molecular formula is C19H21N5O6S2. The molecule has 4 rings (SSSR count). The van der Waals surface area contributed by atoms with E-state index in [1.54, 1.807) is 6.92 Å². The van der Waals surface area contributed by atoms with Crippen LogP contribution in [0.1, 0.15) is 39.2 Å². The largest absolute Gasteiger partial charge is 0.459 e. The molecule has 0 aromatic carbocycles. The molecule has 32 heavy (non-hydrogen) atoms. The number of amides is 1. The van der Waals surface area contributed by atoms with Crippen molar-refractivity contribution >= 4 is 49.9 Å². The molecular weight excluding hydrogens is 458 g/mol. The van der Waals surface area contributed by atoms with Crippen LogP contribution in [0.5, 0.6) is 0 Å². The number of methoxy groups -OCH3 is 1. The number of aromatic nitrogens is 4. The minimum atomic E-state index is -0.537. The van der Waals surface area contributed by atoms with Crippen molar-refractivity contribution < 1.29 is 23.8 Å². The summed E-state index contributed by atoms with van der Waals surface area (Å²) in [4.78, 5) is 42.7. The van der Waals surface area contributed by atoms with E-state index in [1.807, 2.05) is 0 Å². The lowest BCUT2D eigenvalue weighted by molar-refractivity contribution is -0.116. The van der Waals surface area contributed by atoms with Crippen LogP contribution in [0.2, 0.25) is 0 Å². The molecule has 1 N–H and O–H groups in total. The number of rotatable bonds is 8. The van der Waals surface area contributed by atoms with Crippen LogP contribution in [0.25, 0.3) is 10.2 Å². The fraction of sp³-hybridized carbons (Fsp3) is 0.474. The summed E-state index contributed by atoms with van der Waals surface area (Å²) in [5, 5.41) is 12.1. The van der Waals surface area contributed by atoms with Gasteiger partial charge in [0.2, 0.25) is 11.0 Å². The molecule has 0 spiro atoms. The van der Waals surface area contributed by atoms with Crippen LogP contribution >= 0.6 is 22.7 Å². The van der Waals surface area contributed by atoms with Crippen LogP contribution in [0.15, 0.2) is 11.1 Å². The molecule has 1 unspecified atom stereocenters. The van der Waals surface area contributed by atoms with Gasteiger partial charge in [-0.05, 0) is 25.3 Å². The van der Waals surface area contributed by atoms with Gasteiger partial charge in [-0.2, -0.15) is 0 Å². The number of carbonyl (C=O) groups excluding carboxylic acids is 2. The van der Waals surface area contributed by atoms with Crippen molar-refractivity contribution in [2.45, 2.75) is 32.4 Å². The number of ether oxygens (including phenoxy) is 3. The molecule has 3 aromatic heterocycles. The molecule has 1 saturated heterocycles. The van der Waals surface area contributed by atoms with Gasteiger partial charge in [-0.15, -0.1) is 21.5 Å². The molecule has 1 aliphatic rings. The molecule has 0 aliphatic carbocycles. The predicted molar refractivity (Wildman–Crippen MR) is 117 cm³/mol. The highest BCUT2D eigenvalue weighted by atomic mass is 32.1. The van der Waals surface area contributed by atoms with Gasteiger partial charge in [0.05, 0.1) is 18.3 Å². The third-order valence-electron chi connectivity index (χ3n) is 4.83. The van der Waals surface area contributed by atoms with Crippen molar-refractivity contribution in [1.82, 2.24) is 19.7 Å². The van der Waals surface area contributed by atoms with E-state index < -0.39 is 17.4 Å². The molecule has 4 heterocycles. The van der Waals surface area contributed by atoms with Crippen molar-refractivity contribution in [2.24, 2.45) is 0 Å². The Hall–Kier alpha value is -2.74. The summed E-state index contributed by atoms with van der Waals surface area (Å²) < 4.78 is 16.8. The standard InChI is InChI=1S/C19H21N5O6S2/c1-10-13-16(31-14(10)18(27)30-7-6-28-2)20-9-24(17(13)26)8-12(25)21-19-23-22-15(32-19)11-4-3-5-29-11/h9,11H,3-8H2,1-2H3,(H,21,23,25). The quantitative estimate of drug-likeness (QED) is 0.380. The SMILES string of the molecule is COCCOC(=O)c1sc2ncn(CC(=O)Nc3nnc(C4CCCO4)s3)c(=O)c2c1C. The van der Waals surface area contributed by atoms with Crippen molar-refractivity contribution in [3.05, 3.63) is 32.1 Å². The first-order valence-corrected chi connectivity index (χ1v) is 11.5. The Morgan fingerprint density at radius 1 is 1.31 bits per heavy atom. The first-order valence-electron chi connectivity index (χ1n) is 9.87. The zero-order chi connectivity index (χ0) is 22.7. The van der Waals surface area contributed by atoms with Crippen molar-refractivity contribution in [3.63, 3.8) is 0 Å². The van der Waals surface area contributed by atoms with Gasteiger partial charge in [-0.25, -0.2) is 9.78 Å². The fourth-order valence-corrected chi connectivity index (χ4v) is 5.13. The molecule has 11 nitrogen and oxygen atoms in total. The van der Waals surface area contributed by atoms with Gasteiger partial charge in [0.15, 0.2) is 0 Å². The highest BCUT2D eigenvalue weighted by molar-refractivity contribution is 7.20. The summed E-state index contributed by atoms with van der Waals surface area (Å²) in [5.41, 5.74) is 0.0668. The number of nitrogens with zero attached hydrogens (tertiary/aromatic N) is 4. The van der Waals surface area contributed by atoms with Gasteiger partial charge >= 0.3 is 5.97 Å². The summed E-state index contributed by atoms with van der Waals surface area (Å²) in [5.74, 6) is -0.972. The smallest absolute Gasteiger partial charge is 0.348 e. The number of thiophene rings is 1. The van der Waals surface area contributed by atoms with Gasteiger partial charge in [-0.3, -0.25) is 19.5 Å². The maximum atomic E-state index is 12.9. The van der Waals surface area contributed by atoms with Crippen LogP contribution in [-0.4, -0.2) is 58.6 Å². The van der Waals surface area contributed by atoms with E-state index in [0.29, 0.717) is 32.4 Å². The van der Waals surface area contributed by atoms with Crippen LogP contribution < -0.4 is 10.9 Å². The topological polar surface area (TPSA) is 135 Å². The molecule has 0 radical (unpaired) electrons. The van der Waals surface area contributed by atoms with Crippen molar-refractivity contribution in [1.29, 1.82) is 0 Å². The number of hydrogen-bond donors (Lipinski definition) is 1. The van der Waals surface area contributed by atoms with E-state index >= 15 is 0 Å². The maximum absolute atomic E-state index is 12.9. The van der Waals surface area contributed by atoms with Gasteiger partial charge in [0.25, 0.3) is 5.56 Å². The zero-order valence-corrected chi connectivity index (χ0v) is 19.1. The van der Waals surface area contributed by atoms with Crippen molar-refractivity contribution in [2.75, 3.05) is 32.2 Å². The Kier molecular flexibility index (Phi) is 6.89. The van der Waals surface area contributed by atoms with E-state index in [9.17, 15) is 14.4 Å². The molecule has 1 fully saturated rings. The van der Waals surface area contributed by atoms with Gasteiger partial charge < -0.3 is 14.2 Å². The second-order valence-corrected chi connectivity index (χ2v) is 9.05. The second kappa shape index (κ2) is 9.81. The number of aryl methyl sites for hydroxylation is 1. The maximum Gasteiger partial charge on any atom is 0.348 e. The minimum absolute atomic E-state index is 0.0793. The Labute approximate surface area is 190 Å². The lowest BCUT2D eigenvalue weighted by atomic mass is 10.2. The highest BCUT2D eigenvalue weighted by Crippen LogP contribution is 2.32. The second-order valence-electron chi connectivity index (χ2n) is 7.04. The average molecular weight is 480 g/mol. The number of anilines is 1. The molecule has 0 saturated carbocycles. The average Bonchev–Trinajstić information content (AvgIpc) is 3.51. The first-order chi connectivity index (χ1) is 15.5. The normalized spacial score (nSPS) is 15.9. The van der Waals surface area contributed by atoms with E-state index in [1.165, 1.54) is 29.3 Å².